The molecule has 0 saturated carbocycles. The number of carbonyl (C=O) groups excluding carboxylic acids is 1. The first kappa shape index (κ1) is 25.1. The van der Waals surface area contributed by atoms with Gasteiger partial charge in [0, 0.05) is 40.0 Å². The van der Waals surface area contributed by atoms with Crippen molar-refractivity contribution in [2.45, 2.75) is 38.0 Å². The number of nitrogens with zero attached hydrogens (tertiary/aromatic N) is 1. The van der Waals surface area contributed by atoms with Gasteiger partial charge < -0.3 is 14.6 Å². The maximum absolute atomic E-state index is 13.1. The second-order valence-electron chi connectivity index (χ2n) is 7.95. The maximum Gasteiger partial charge on any atom is 0.516 e. The minimum Gasteiger partial charge on any atom is -0.472 e. The number of alkyl halides is 3. The van der Waals surface area contributed by atoms with Crippen LogP contribution in [0.25, 0.3) is 22.3 Å². The third kappa shape index (κ3) is 4.90. The molecule has 0 bridgehead atoms. The third-order valence-corrected chi connectivity index (χ3v) is 7.57. The normalized spacial score (nSPS) is 16.5. The number of sulfonamides is 1. The number of benzene rings is 1. The Labute approximate surface area is 208 Å². The van der Waals surface area contributed by atoms with Crippen LogP contribution in [-0.4, -0.2) is 30.9 Å². The zero-order chi connectivity index (χ0) is 25.4. The van der Waals surface area contributed by atoms with Gasteiger partial charge in [-0.15, -0.1) is 0 Å². The molecule has 2 N–H and O–H groups in total. The summed E-state index contributed by atoms with van der Waals surface area (Å²) in [5.41, 5.74) is -2.75. The Morgan fingerprint density at radius 2 is 1.91 bits per heavy atom. The van der Waals surface area contributed by atoms with Crippen LogP contribution in [0.15, 0.2) is 64.0 Å². The molecular weight excluding hydrogens is 551 g/mol. The van der Waals surface area contributed by atoms with E-state index in [9.17, 15) is 26.4 Å². The highest BCUT2D eigenvalue weighted by Crippen LogP contribution is 2.48. The number of halogens is 4. The van der Waals surface area contributed by atoms with Crippen LogP contribution in [0.2, 0.25) is 0 Å². The van der Waals surface area contributed by atoms with E-state index >= 15 is 0 Å². The molecule has 1 amide bonds. The summed E-state index contributed by atoms with van der Waals surface area (Å²) in [5.74, 6) is -0.209. The number of para-hydroxylation sites is 1. The lowest BCUT2D eigenvalue weighted by Crippen LogP contribution is -2.48. The molecule has 2 heterocycles. The smallest absolute Gasteiger partial charge is 0.472 e. The quantitative estimate of drug-likeness (QED) is 0.382. The molecule has 0 radical (unpaired) electrons. The Hall–Kier alpha value is -2.99. The molecule has 4 rings (SSSR count). The number of hydrogen-bond donors (Lipinski definition) is 2. The van der Waals surface area contributed by atoms with E-state index in [2.05, 4.69) is 21.2 Å². The molecule has 1 atom stereocenters. The molecule has 12 heteroatoms. The zero-order valence-corrected chi connectivity index (χ0v) is 20.8. The Morgan fingerprint density at radius 3 is 2.63 bits per heavy atom. The van der Waals surface area contributed by atoms with Gasteiger partial charge in [-0.1, -0.05) is 31.5 Å². The van der Waals surface area contributed by atoms with Gasteiger partial charge in [0.2, 0.25) is 5.91 Å². The van der Waals surface area contributed by atoms with Gasteiger partial charge in [0.1, 0.15) is 6.17 Å². The lowest BCUT2D eigenvalue weighted by Gasteiger charge is -2.34. The summed E-state index contributed by atoms with van der Waals surface area (Å²) in [5, 5.41) is 2.91. The van der Waals surface area contributed by atoms with Gasteiger partial charge in [0.05, 0.1) is 18.2 Å². The summed E-state index contributed by atoms with van der Waals surface area (Å²) < 4.78 is 70.7. The molecule has 0 spiro atoms. The summed E-state index contributed by atoms with van der Waals surface area (Å²) in [4.78, 5) is 13.8. The molecule has 0 fully saturated rings. The number of amides is 1. The van der Waals surface area contributed by atoms with E-state index in [-0.39, 0.29) is 23.3 Å². The van der Waals surface area contributed by atoms with Crippen molar-refractivity contribution in [3.8, 4) is 22.3 Å². The van der Waals surface area contributed by atoms with Crippen LogP contribution in [0.4, 0.5) is 18.9 Å². The summed E-state index contributed by atoms with van der Waals surface area (Å²) in [6.07, 6.45) is 7.30. The highest BCUT2D eigenvalue weighted by Gasteiger charge is 2.46. The molecule has 1 unspecified atom stereocenters. The monoisotopic (exact) mass is 571 g/mol. The minimum atomic E-state index is -5.64. The summed E-state index contributed by atoms with van der Waals surface area (Å²) in [6, 6.07) is 7.62. The van der Waals surface area contributed by atoms with Crippen LogP contribution in [0, 0.1) is 0 Å². The predicted molar refractivity (Wildman–Crippen MR) is 129 cm³/mol. The summed E-state index contributed by atoms with van der Waals surface area (Å²) in [7, 11) is -5.64. The van der Waals surface area contributed by atoms with Crippen LogP contribution in [0.1, 0.15) is 25.3 Å². The molecule has 35 heavy (non-hydrogen) atoms. The van der Waals surface area contributed by atoms with Crippen LogP contribution < -0.4 is 10.0 Å². The largest absolute Gasteiger partial charge is 0.516 e. The molecule has 3 aliphatic rings. The lowest BCUT2D eigenvalue weighted by atomic mass is 10.0. The Morgan fingerprint density at radius 1 is 1.17 bits per heavy atom. The van der Waals surface area contributed by atoms with E-state index in [1.54, 1.807) is 29.1 Å². The molecule has 7 nitrogen and oxygen atoms in total. The minimum absolute atomic E-state index is 0.209. The standard InChI is InChI=1S/C23H21BrF3N3O4S/c1-2-5-19-28-20(31)8-10-30(19)12-16-14-9-11-34-13-17(14)22(24)21(16)15-6-3-4-7-18(15)29-35(32,33)23(25,26)27/h3-4,6-11,13,19,29H,2,5,12H2,1H3,(H,28,31). The van der Waals surface area contributed by atoms with Crippen molar-refractivity contribution in [2.75, 3.05) is 4.72 Å². The van der Waals surface area contributed by atoms with E-state index in [4.69, 9.17) is 4.42 Å². The topological polar surface area (TPSA) is 91.7 Å². The maximum atomic E-state index is 13.1. The fourth-order valence-corrected chi connectivity index (χ4v) is 5.40. The number of rotatable bonds is 7. The first-order valence-corrected chi connectivity index (χ1v) is 12.9. The van der Waals surface area contributed by atoms with Crippen molar-refractivity contribution in [3.05, 3.63) is 65.2 Å². The number of carbonyl (C=O) groups is 1. The number of anilines is 1. The fourth-order valence-electron chi connectivity index (χ4n) is 4.06. The van der Waals surface area contributed by atoms with E-state index < -0.39 is 15.5 Å². The van der Waals surface area contributed by atoms with Gasteiger partial charge in [-0.3, -0.25) is 9.52 Å². The van der Waals surface area contributed by atoms with Crippen LogP contribution in [0.5, 0.6) is 0 Å². The van der Waals surface area contributed by atoms with Crippen molar-refractivity contribution < 1.29 is 30.8 Å². The van der Waals surface area contributed by atoms with E-state index in [1.807, 2.05) is 11.8 Å². The number of nitrogens with one attached hydrogen (secondary N) is 2. The average Bonchev–Trinajstić information content (AvgIpc) is 3.07. The fraction of sp³-hybridized carbons (Fsp3) is 0.261. The van der Waals surface area contributed by atoms with Crippen molar-refractivity contribution >= 4 is 37.5 Å². The van der Waals surface area contributed by atoms with E-state index in [0.717, 1.165) is 17.5 Å². The molecule has 0 saturated heterocycles. The molecule has 2 aliphatic heterocycles. The highest BCUT2D eigenvalue weighted by atomic mass is 79.9. The number of hydrogen-bond acceptors (Lipinski definition) is 5. The number of fused-ring (bicyclic) bond motifs is 1. The van der Waals surface area contributed by atoms with E-state index in [0.29, 0.717) is 28.6 Å². The zero-order valence-electron chi connectivity index (χ0n) is 18.4. The second-order valence-corrected chi connectivity index (χ2v) is 10.4. The van der Waals surface area contributed by atoms with Gasteiger partial charge in [-0.25, -0.2) is 0 Å². The second kappa shape index (κ2) is 9.57. The van der Waals surface area contributed by atoms with Crippen molar-refractivity contribution in [2.24, 2.45) is 0 Å². The van der Waals surface area contributed by atoms with Crippen molar-refractivity contribution in [1.29, 1.82) is 0 Å². The molecular formula is C23H21BrF3N3O4S. The van der Waals surface area contributed by atoms with Crippen LogP contribution >= 0.6 is 15.9 Å². The molecule has 1 aliphatic carbocycles. The predicted octanol–water partition coefficient (Wildman–Crippen LogP) is 5.65. The van der Waals surface area contributed by atoms with E-state index in [1.165, 1.54) is 30.7 Å². The summed E-state index contributed by atoms with van der Waals surface area (Å²) >= 11 is 3.55. The van der Waals surface area contributed by atoms with Crippen molar-refractivity contribution in [1.82, 2.24) is 10.2 Å². The van der Waals surface area contributed by atoms with Crippen LogP contribution in [-0.2, 0) is 21.4 Å². The lowest BCUT2D eigenvalue weighted by molar-refractivity contribution is -0.119. The summed E-state index contributed by atoms with van der Waals surface area (Å²) in [6.45, 7) is 2.29. The Balaban J connectivity index is 1.87. The van der Waals surface area contributed by atoms with Crippen LogP contribution in [0.3, 0.4) is 0 Å². The van der Waals surface area contributed by atoms with Crippen molar-refractivity contribution in [3.63, 3.8) is 0 Å². The van der Waals surface area contributed by atoms with Gasteiger partial charge in [0.25, 0.3) is 0 Å². The molecule has 186 valence electrons. The molecule has 1 aromatic rings. The Bertz CT molecular complexity index is 1350. The first-order chi connectivity index (χ1) is 16.5. The highest BCUT2D eigenvalue weighted by molar-refractivity contribution is 9.10. The average molecular weight is 572 g/mol. The third-order valence-electron chi connectivity index (χ3n) is 5.65. The van der Waals surface area contributed by atoms with Gasteiger partial charge in [0.15, 0.2) is 0 Å². The van der Waals surface area contributed by atoms with Gasteiger partial charge in [-0.2, -0.15) is 21.6 Å². The van der Waals surface area contributed by atoms with Gasteiger partial charge >= 0.3 is 15.5 Å². The SMILES string of the molecule is CCCC1NC(=O)C=CN1Cc1c2ccocc-2c(Br)c1-c1ccccc1NS(=O)(=O)C(F)(F)F. The molecule has 0 aromatic heterocycles. The molecule has 1 aromatic carbocycles. The first-order valence-electron chi connectivity index (χ1n) is 10.6. The Kier molecular flexibility index (Phi) is 6.87. The van der Waals surface area contributed by atoms with Gasteiger partial charge in [-0.05, 0) is 45.6 Å².